The first-order valence-electron chi connectivity index (χ1n) is 3.70. The molecule has 0 aliphatic heterocycles. The molecule has 0 heterocycles. The van der Waals surface area contributed by atoms with Crippen LogP contribution in [0.15, 0.2) is 29.3 Å². The highest BCUT2D eigenvalue weighted by molar-refractivity contribution is 6.30. The summed E-state index contributed by atoms with van der Waals surface area (Å²) in [6.07, 6.45) is 0. The molecule has 0 saturated carbocycles. The van der Waals surface area contributed by atoms with E-state index in [4.69, 9.17) is 17.3 Å². The predicted octanol–water partition coefficient (Wildman–Crippen LogP) is 2.23. The smallest absolute Gasteiger partial charge is 0.338 e. The fourth-order valence-corrected chi connectivity index (χ4v) is 1.05. The van der Waals surface area contributed by atoms with Crippen molar-refractivity contribution in [1.82, 2.24) is 0 Å². The van der Waals surface area contributed by atoms with E-state index in [1.165, 1.54) is 0 Å². The summed E-state index contributed by atoms with van der Waals surface area (Å²) in [4.78, 5) is 14.0. The van der Waals surface area contributed by atoms with Gasteiger partial charge in [-0.3, -0.25) is 0 Å². The van der Waals surface area contributed by atoms with Crippen LogP contribution in [0.4, 0.5) is 4.79 Å². The van der Waals surface area contributed by atoms with Gasteiger partial charge in [-0.05, 0) is 24.6 Å². The van der Waals surface area contributed by atoms with Gasteiger partial charge in [-0.15, -0.1) is 0 Å². The van der Waals surface area contributed by atoms with E-state index in [1.54, 1.807) is 31.2 Å². The van der Waals surface area contributed by atoms with Crippen LogP contribution in [0.1, 0.15) is 12.5 Å². The molecule has 1 aromatic rings. The van der Waals surface area contributed by atoms with E-state index in [-0.39, 0.29) is 0 Å². The highest BCUT2D eigenvalue weighted by Crippen LogP contribution is 2.10. The van der Waals surface area contributed by atoms with Gasteiger partial charge in [-0.25, -0.2) is 4.79 Å². The summed E-state index contributed by atoms with van der Waals surface area (Å²) in [6.45, 7) is 1.72. The number of benzene rings is 1. The minimum atomic E-state index is -0.688. The molecule has 0 fully saturated rings. The molecule has 0 radical (unpaired) electrons. The lowest BCUT2D eigenvalue weighted by Gasteiger charge is -1.98. The zero-order chi connectivity index (χ0) is 9.84. The van der Waals surface area contributed by atoms with Crippen molar-refractivity contribution in [1.29, 1.82) is 0 Å². The van der Waals surface area contributed by atoms with Crippen LogP contribution in [0.25, 0.3) is 0 Å². The number of nitrogens with two attached hydrogens (primary N) is 1. The van der Waals surface area contributed by atoms with Crippen LogP contribution in [0, 0.1) is 0 Å². The highest BCUT2D eigenvalue weighted by Gasteiger charge is 1.98. The molecule has 3 nitrogen and oxygen atoms in total. The second-order valence-electron chi connectivity index (χ2n) is 2.54. The van der Waals surface area contributed by atoms with Crippen molar-refractivity contribution in [2.24, 2.45) is 10.7 Å². The van der Waals surface area contributed by atoms with Crippen LogP contribution in [-0.4, -0.2) is 11.7 Å². The number of amides is 2. The molecule has 0 bridgehead atoms. The summed E-state index contributed by atoms with van der Waals surface area (Å²) in [7, 11) is 0. The number of halogens is 1. The SMILES string of the molecule is C/C(=N\C(N)=O)c1ccc(Cl)cc1. The normalized spacial score (nSPS) is 11.4. The monoisotopic (exact) mass is 196 g/mol. The summed E-state index contributed by atoms with van der Waals surface area (Å²) in [6, 6.07) is 6.34. The maximum absolute atomic E-state index is 10.5. The molecule has 0 atom stereocenters. The third-order valence-corrected chi connectivity index (χ3v) is 1.79. The molecular weight excluding hydrogens is 188 g/mol. The van der Waals surface area contributed by atoms with Gasteiger partial charge in [-0.1, -0.05) is 23.7 Å². The Morgan fingerprint density at radius 3 is 2.38 bits per heavy atom. The van der Waals surface area contributed by atoms with Crippen LogP contribution in [-0.2, 0) is 0 Å². The third-order valence-electron chi connectivity index (χ3n) is 1.54. The van der Waals surface area contributed by atoms with Gasteiger partial charge in [-0.2, -0.15) is 4.99 Å². The summed E-state index contributed by atoms with van der Waals surface area (Å²) in [5.41, 5.74) is 6.33. The number of primary amides is 1. The molecule has 0 saturated heterocycles. The van der Waals surface area contributed by atoms with Crippen LogP contribution in [0.5, 0.6) is 0 Å². The second-order valence-corrected chi connectivity index (χ2v) is 2.98. The Morgan fingerprint density at radius 1 is 1.38 bits per heavy atom. The van der Waals surface area contributed by atoms with E-state index in [1.807, 2.05) is 0 Å². The van der Waals surface area contributed by atoms with Crippen molar-refractivity contribution in [2.75, 3.05) is 0 Å². The molecule has 2 amide bonds. The molecule has 0 aromatic heterocycles. The van der Waals surface area contributed by atoms with Crippen LogP contribution >= 0.6 is 11.6 Å². The standard InChI is InChI=1S/C9H9ClN2O/c1-6(12-9(11)13)7-2-4-8(10)5-3-7/h2-5H,1H3,(H2,11,13)/b12-6+. The molecule has 0 unspecified atom stereocenters. The largest absolute Gasteiger partial charge is 0.350 e. The number of carbonyl (C=O) groups is 1. The van der Waals surface area contributed by atoms with Crippen molar-refractivity contribution in [3.63, 3.8) is 0 Å². The van der Waals surface area contributed by atoms with Crippen molar-refractivity contribution < 1.29 is 4.79 Å². The van der Waals surface area contributed by atoms with Gasteiger partial charge in [0.1, 0.15) is 0 Å². The third kappa shape index (κ3) is 2.87. The molecule has 1 aromatic carbocycles. The van der Waals surface area contributed by atoms with Gasteiger partial charge in [0.05, 0.1) is 5.71 Å². The van der Waals surface area contributed by atoms with Crippen molar-refractivity contribution in [3.8, 4) is 0 Å². The van der Waals surface area contributed by atoms with Crippen molar-refractivity contribution in [2.45, 2.75) is 6.92 Å². The fraction of sp³-hybridized carbons (Fsp3) is 0.111. The number of carbonyl (C=O) groups excluding carboxylic acids is 1. The molecule has 0 aliphatic carbocycles. The topological polar surface area (TPSA) is 55.4 Å². The summed E-state index contributed by atoms with van der Waals surface area (Å²) < 4.78 is 0. The number of aliphatic imine (C=N–C) groups is 1. The quantitative estimate of drug-likeness (QED) is 0.688. The zero-order valence-electron chi connectivity index (χ0n) is 7.12. The summed E-state index contributed by atoms with van der Waals surface area (Å²) in [5.74, 6) is 0. The van der Waals surface area contributed by atoms with Gasteiger partial charge in [0.2, 0.25) is 0 Å². The first-order valence-corrected chi connectivity index (χ1v) is 4.08. The number of hydrogen-bond acceptors (Lipinski definition) is 1. The van der Waals surface area contributed by atoms with E-state index >= 15 is 0 Å². The van der Waals surface area contributed by atoms with Crippen molar-refractivity contribution in [3.05, 3.63) is 34.9 Å². The number of hydrogen-bond donors (Lipinski definition) is 1. The van der Waals surface area contributed by atoms with Crippen molar-refractivity contribution >= 4 is 23.3 Å². The lowest BCUT2D eigenvalue weighted by atomic mass is 10.1. The fourth-order valence-electron chi connectivity index (χ4n) is 0.921. The first-order chi connectivity index (χ1) is 6.09. The molecule has 0 spiro atoms. The minimum Gasteiger partial charge on any atom is -0.350 e. The molecule has 0 aliphatic rings. The Balaban J connectivity index is 2.96. The molecule has 1 rings (SSSR count). The van der Waals surface area contributed by atoms with Gasteiger partial charge in [0.25, 0.3) is 0 Å². The zero-order valence-corrected chi connectivity index (χ0v) is 7.88. The van der Waals surface area contributed by atoms with Gasteiger partial charge < -0.3 is 5.73 Å². The Hall–Kier alpha value is -1.35. The Labute approximate surface area is 81.2 Å². The predicted molar refractivity (Wildman–Crippen MR) is 53.2 cm³/mol. The van der Waals surface area contributed by atoms with Crippen LogP contribution < -0.4 is 5.73 Å². The first kappa shape index (κ1) is 9.74. The highest BCUT2D eigenvalue weighted by atomic mass is 35.5. The summed E-state index contributed by atoms with van der Waals surface area (Å²) in [5, 5.41) is 0.649. The van der Waals surface area contributed by atoms with E-state index in [2.05, 4.69) is 4.99 Å². The number of urea groups is 1. The second kappa shape index (κ2) is 4.05. The lowest BCUT2D eigenvalue weighted by molar-refractivity contribution is 0.256. The molecule has 4 heteroatoms. The van der Waals surface area contributed by atoms with E-state index in [0.29, 0.717) is 10.7 Å². The van der Waals surface area contributed by atoms with Gasteiger partial charge in [0, 0.05) is 5.02 Å². The Bertz CT molecular complexity index is 343. The maximum Gasteiger partial charge on any atom is 0.338 e. The molecular formula is C9H9ClN2O. The minimum absolute atomic E-state index is 0.587. The average molecular weight is 197 g/mol. The Morgan fingerprint density at radius 2 is 1.92 bits per heavy atom. The number of nitrogens with zero attached hydrogens (tertiary/aromatic N) is 1. The molecule has 68 valence electrons. The van der Waals surface area contributed by atoms with E-state index < -0.39 is 6.03 Å². The molecule has 13 heavy (non-hydrogen) atoms. The van der Waals surface area contributed by atoms with Crippen LogP contribution in [0.3, 0.4) is 0 Å². The summed E-state index contributed by atoms with van der Waals surface area (Å²) >= 11 is 5.69. The van der Waals surface area contributed by atoms with Crippen LogP contribution in [0.2, 0.25) is 5.02 Å². The molecule has 2 N–H and O–H groups in total. The van der Waals surface area contributed by atoms with E-state index in [9.17, 15) is 4.79 Å². The number of rotatable bonds is 1. The van der Waals surface area contributed by atoms with Gasteiger partial charge >= 0.3 is 6.03 Å². The lowest BCUT2D eigenvalue weighted by Crippen LogP contribution is -2.08. The average Bonchev–Trinajstić information content (AvgIpc) is 2.04. The van der Waals surface area contributed by atoms with E-state index in [0.717, 1.165) is 5.56 Å². The van der Waals surface area contributed by atoms with Gasteiger partial charge in [0.15, 0.2) is 0 Å². The maximum atomic E-state index is 10.5. The Kier molecular flexibility index (Phi) is 3.03.